The number of pyridine rings is 1. The zero-order chi connectivity index (χ0) is 16.0. The quantitative estimate of drug-likeness (QED) is 0.688. The van der Waals surface area contributed by atoms with Gasteiger partial charge in [-0.15, -0.1) is 11.3 Å². The Labute approximate surface area is 137 Å². The Kier molecular flexibility index (Phi) is 3.45. The van der Waals surface area contributed by atoms with E-state index in [-0.39, 0.29) is 11.5 Å². The first-order chi connectivity index (χ1) is 11.2. The minimum Gasteiger partial charge on any atom is -0.338 e. The molecule has 3 heterocycles. The SMILES string of the molecule is Cn1c(=O)c2cc(C(=O)N3CCCCC3)sc2c2ccccc21. The molecule has 1 aliphatic rings. The van der Waals surface area contributed by atoms with E-state index in [1.165, 1.54) is 17.8 Å². The Morgan fingerprint density at radius 1 is 1.09 bits per heavy atom. The van der Waals surface area contributed by atoms with Crippen LogP contribution < -0.4 is 5.56 Å². The molecule has 1 amide bonds. The lowest BCUT2D eigenvalue weighted by Crippen LogP contribution is -2.35. The third kappa shape index (κ3) is 2.27. The van der Waals surface area contributed by atoms with Crippen molar-refractivity contribution in [1.82, 2.24) is 9.47 Å². The Hall–Kier alpha value is -2.14. The smallest absolute Gasteiger partial charge is 0.263 e. The van der Waals surface area contributed by atoms with Crippen molar-refractivity contribution in [3.63, 3.8) is 0 Å². The van der Waals surface area contributed by atoms with Crippen LogP contribution in [0.1, 0.15) is 28.9 Å². The molecule has 0 N–H and O–H groups in total. The van der Waals surface area contributed by atoms with E-state index in [0.29, 0.717) is 10.3 Å². The van der Waals surface area contributed by atoms with Crippen LogP contribution in [0.15, 0.2) is 35.1 Å². The van der Waals surface area contributed by atoms with Gasteiger partial charge >= 0.3 is 0 Å². The van der Waals surface area contributed by atoms with Crippen LogP contribution in [0.25, 0.3) is 21.0 Å². The van der Waals surface area contributed by atoms with Gasteiger partial charge in [0.25, 0.3) is 11.5 Å². The van der Waals surface area contributed by atoms with Crippen molar-refractivity contribution in [2.75, 3.05) is 13.1 Å². The first kappa shape index (κ1) is 14.5. The average molecular weight is 326 g/mol. The number of nitrogens with zero attached hydrogens (tertiary/aromatic N) is 2. The molecule has 0 radical (unpaired) electrons. The number of rotatable bonds is 1. The summed E-state index contributed by atoms with van der Waals surface area (Å²) in [5.74, 6) is 0.0667. The fourth-order valence-electron chi connectivity index (χ4n) is 3.36. The number of piperidine rings is 1. The second kappa shape index (κ2) is 5.49. The molecule has 2 aromatic heterocycles. The Morgan fingerprint density at radius 2 is 1.83 bits per heavy atom. The molecule has 1 aliphatic heterocycles. The van der Waals surface area contributed by atoms with Crippen LogP contribution in [0, 0.1) is 0 Å². The van der Waals surface area contributed by atoms with Gasteiger partial charge in [-0.25, -0.2) is 0 Å². The number of hydrogen-bond acceptors (Lipinski definition) is 3. The fraction of sp³-hybridized carbons (Fsp3) is 0.333. The van der Waals surface area contributed by atoms with E-state index in [0.717, 1.165) is 41.5 Å². The second-order valence-corrected chi connectivity index (χ2v) is 7.14. The van der Waals surface area contributed by atoms with Crippen molar-refractivity contribution in [1.29, 1.82) is 0 Å². The molecule has 0 aliphatic carbocycles. The highest BCUT2D eigenvalue weighted by Gasteiger charge is 2.22. The molecule has 4 nitrogen and oxygen atoms in total. The summed E-state index contributed by atoms with van der Waals surface area (Å²) in [5.41, 5.74) is 0.872. The largest absolute Gasteiger partial charge is 0.338 e. The summed E-state index contributed by atoms with van der Waals surface area (Å²) >= 11 is 1.45. The van der Waals surface area contributed by atoms with Gasteiger partial charge in [-0.05, 0) is 31.4 Å². The van der Waals surface area contributed by atoms with Crippen LogP contribution >= 0.6 is 11.3 Å². The van der Waals surface area contributed by atoms with Crippen LogP contribution in [0.4, 0.5) is 0 Å². The Bertz CT molecular complexity index is 964. The van der Waals surface area contributed by atoms with Gasteiger partial charge in [0, 0.05) is 30.2 Å². The van der Waals surface area contributed by atoms with Crippen molar-refractivity contribution >= 4 is 38.2 Å². The maximum atomic E-state index is 12.7. The van der Waals surface area contributed by atoms with E-state index >= 15 is 0 Å². The van der Waals surface area contributed by atoms with E-state index in [1.807, 2.05) is 29.2 Å². The number of benzene rings is 1. The number of thiophene rings is 1. The number of likely N-dealkylation sites (tertiary alicyclic amines) is 1. The lowest BCUT2D eigenvalue weighted by atomic mass is 10.1. The molecule has 1 fully saturated rings. The standard InChI is InChI=1S/C18H18N2O2S/c1-19-14-8-4-3-7-12(14)16-13(17(19)21)11-15(23-16)18(22)20-9-5-2-6-10-20/h3-4,7-8,11H,2,5-6,9-10H2,1H3. The summed E-state index contributed by atoms with van der Waals surface area (Å²) < 4.78 is 2.59. The molecule has 5 heteroatoms. The molecule has 118 valence electrons. The Morgan fingerprint density at radius 3 is 2.61 bits per heavy atom. The van der Waals surface area contributed by atoms with E-state index < -0.39 is 0 Å². The van der Waals surface area contributed by atoms with Crippen molar-refractivity contribution in [3.8, 4) is 0 Å². The lowest BCUT2D eigenvalue weighted by Gasteiger charge is -2.26. The summed E-state index contributed by atoms with van der Waals surface area (Å²) in [6.45, 7) is 1.65. The first-order valence-corrected chi connectivity index (χ1v) is 8.79. The van der Waals surface area contributed by atoms with Gasteiger partial charge in [0.05, 0.1) is 15.8 Å². The molecule has 0 saturated carbocycles. The lowest BCUT2D eigenvalue weighted by molar-refractivity contribution is 0.0729. The van der Waals surface area contributed by atoms with E-state index in [2.05, 4.69) is 0 Å². The summed E-state index contributed by atoms with van der Waals surface area (Å²) in [6.07, 6.45) is 3.34. The summed E-state index contributed by atoms with van der Waals surface area (Å²) in [5, 5.41) is 1.68. The molecule has 0 unspecified atom stereocenters. The van der Waals surface area contributed by atoms with Crippen LogP contribution in [-0.2, 0) is 7.05 Å². The van der Waals surface area contributed by atoms with Gasteiger partial charge in [-0.3, -0.25) is 9.59 Å². The number of aryl methyl sites for hydroxylation is 1. The summed E-state index contributed by atoms with van der Waals surface area (Å²) in [6, 6.07) is 9.65. The van der Waals surface area contributed by atoms with Gasteiger partial charge < -0.3 is 9.47 Å². The number of para-hydroxylation sites is 1. The van der Waals surface area contributed by atoms with Crippen molar-refractivity contribution in [2.45, 2.75) is 19.3 Å². The molecule has 4 rings (SSSR count). The third-order valence-electron chi connectivity index (χ3n) is 4.63. The van der Waals surface area contributed by atoms with Gasteiger partial charge in [0.15, 0.2) is 0 Å². The number of fused-ring (bicyclic) bond motifs is 3. The third-order valence-corrected chi connectivity index (χ3v) is 5.79. The molecule has 23 heavy (non-hydrogen) atoms. The van der Waals surface area contributed by atoms with E-state index in [9.17, 15) is 9.59 Å². The monoisotopic (exact) mass is 326 g/mol. The van der Waals surface area contributed by atoms with Crippen molar-refractivity contribution in [3.05, 3.63) is 45.6 Å². The topological polar surface area (TPSA) is 42.3 Å². The van der Waals surface area contributed by atoms with Gasteiger partial charge in [0.2, 0.25) is 0 Å². The van der Waals surface area contributed by atoms with Gasteiger partial charge in [-0.2, -0.15) is 0 Å². The number of amides is 1. The van der Waals surface area contributed by atoms with Crippen LogP contribution in [0.3, 0.4) is 0 Å². The van der Waals surface area contributed by atoms with E-state index in [4.69, 9.17) is 0 Å². The highest BCUT2D eigenvalue weighted by molar-refractivity contribution is 7.21. The van der Waals surface area contributed by atoms with Crippen LogP contribution in [0.5, 0.6) is 0 Å². The molecule has 1 aromatic carbocycles. The van der Waals surface area contributed by atoms with Gasteiger partial charge in [0.1, 0.15) is 0 Å². The molecule has 3 aromatic rings. The average Bonchev–Trinajstić information content (AvgIpc) is 3.05. The van der Waals surface area contributed by atoms with E-state index in [1.54, 1.807) is 17.7 Å². The molecule has 0 bridgehead atoms. The minimum absolute atomic E-state index is 0.0346. The maximum absolute atomic E-state index is 12.7. The predicted molar refractivity (Wildman–Crippen MR) is 94.3 cm³/mol. The predicted octanol–water partition coefficient (Wildman–Crippen LogP) is 3.38. The number of hydrogen-bond donors (Lipinski definition) is 0. The highest BCUT2D eigenvalue weighted by Crippen LogP contribution is 2.31. The van der Waals surface area contributed by atoms with Crippen molar-refractivity contribution < 1.29 is 4.79 Å². The Balaban J connectivity index is 1.90. The van der Waals surface area contributed by atoms with Crippen molar-refractivity contribution in [2.24, 2.45) is 7.05 Å². The minimum atomic E-state index is -0.0346. The normalized spacial score (nSPS) is 15.4. The molecule has 1 saturated heterocycles. The highest BCUT2D eigenvalue weighted by atomic mass is 32.1. The molecule has 0 atom stereocenters. The number of carbonyl (C=O) groups excluding carboxylic acids is 1. The molecular weight excluding hydrogens is 308 g/mol. The first-order valence-electron chi connectivity index (χ1n) is 7.97. The fourth-order valence-corrected chi connectivity index (χ4v) is 4.51. The maximum Gasteiger partial charge on any atom is 0.263 e. The van der Waals surface area contributed by atoms with Gasteiger partial charge in [-0.1, -0.05) is 18.2 Å². The molecular formula is C18H18N2O2S. The van der Waals surface area contributed by atoms with Crippen LogP contribution in [0.2, 0.25) is 0 Å². The number of carbonyl (C=O) groups is 1. The summed E-state index contributed by atoms with van der Waals surface area (Å²) in [7, 11) is 1.79. The summed E-state index contributed by atoms with van der Waals surface area (Å²) in [4.78, 5) is 27.9. The number of aromatic nitrogens is 1. The molecule has 0 spiro atoms. The zero-order valence-corrected chi connectivity index (χ0v) is 13.9. The zero-order valence-electron chi connectivity index (χ0n) is 13.0. The second-order valence-electron chi connectivity index (χ2n) is 6.09. The van der Waals surface area contributed by atoms with Crippen LogP contribution in [-0.4, -0.2) is 28.5 Å².